The molecule has 1 N–H and O–H groups in total. The molecule has 158 valence electrons. The van der Waals surface area contributed by atoms with Crippen molar-refractivity contribution in [2.45, 2.75) is 0 Å². The summed E-state index contributed by atoms with van der Waals surface area (Å²) in [6.45, 7) is 0. The highest BCUT2D eigenvalue weighted by molar-refractivity contribution is 7.92. The van der Waals surface area contributed by atoms with Gasteiger partial charge in [-0.25, -0.2) is 0 Å². The number of aliphatic hydroxyl groups excluding tert-OH is 1. The molecule has 2 aromatic carbocycles. The lowest BCUT2D eigenvalue weighted by Crippen LogP contribution is -2.25. The van der Waals surface area contributed by atoms with Crippen molar-refractivity contribution in [3.05, 3.63) is 99.8 Å². The van der Waals surface area contributed by atoms with Gasteiger partial charge in [-0.15, -0.1) is 0 Å². The van der Waals surface area contributed by atoms with Gasteiger partial charge in [0.25, 0.3) is 0 Å². The quantitative estimate of drug-likeness (QED) is 0.422. The van der Waals surface area contributed by atoms with E-state index in [1.54, 1.807) is 24.3 Å². The summed E-state index contributed by atoms with van der Waals surface area (Å²) >= 11 is 0. The van der Waals surface area contributed by atoms with Crippen LogP contribution in [0.5, 0.6) is 11.5 Å². The van der Waals surface area contributed by atoms with Crippen molar-refractivity contribution in [1.29, 1.82) is 0 Å². The van der Waals surface area contributed by atoms with E-state index in [1.807, 2.05) is 0 Å². The van der Waals surface area contributed by atoms with Crippen LogP contribution in [0, 0.1) is 0 Å². The number of aliphatic hydroxyl groups is 1. The first-order valence-corrected chi connectivity index (χ1v) is 11.6. The van der Waals surface area contributed by atoms with Crippen molar-refractivity contribution in [3.8, 4) is 11.5 Å². The van der Waals surface area contributed by atoms with Crippen molar-refractivity contribution in [3.63, 3.8) is 0 Å². The van der Waals surface area contributed by atoms with E-state index in [2.05, 4.69) is 0 Å². The maximum atomic E-state index is 12.5. The van der Waals surface area contributed by atoms with Crippen molar-refractivity contribution in [1.82, 2.24) is 0 Å². The average Bonchev–Trinajstić information content (AvgIpc) is 2.71. The molecule has 0 fully saturated rings. The van der Waals surface area contributed by atoms with Gasteiger partial charge in [0.2, 0.25) is 5.78 Å². The fourth-order valence-corrected chi connectivity index (χ4v) is 5.07. The molecule has 2 aliphatic heterocycles. The second kappa shape index (κ2) is 7.56. The third-order valence-electron chi connectivity index (χ3n) is 4.39. The Kier molecular flexibility index (Phi) is 5.03. The summed E-state index contributed by atoms with van der Waals surface area (Å²) in [6.07, 6.45) is 5.94. The summed E-state index contributed by atoms with van der Waals surface area (Å²) < 4.78 is 58.8. The van der Waals surface area contributed by atoms with Crippen molar-refractivity contribution in [2.24, 2.45) is 0 Å². The number of fused-ring (bicyclic) bond motifs is 2. The van der Waals surface area contributed by atoms with Gasteiger partial charge in [0.1, 0.15) is 10.7 Å². The van der Waals surface area contributed by atoms with Crippen LogP contribution in [-0.4, -0.2) is 27.7 Å². The molecule has 0 bridgehead atoms. The molecular formula is C21H14O8S2. The molecule has 2 aromatic rings. The molecule has 0 saturated heterocycles. The molecule has 0 amide bonds. The van der Waals surface area contributed by atoms with Gasteiger partial charge >= 0.3 is 20.2 Å². The van der Waals surface area contributed by atoms with Crippen LogP contribution in [0.3, 0.4) is 0 Å². The molecule has 0 radical (unpaired) electrons. The first-order valence-electron chi connectivity index (χ1n) is 8.81. The molecule has 2 heterocycles. The molecule has 0 aliphatic carbocycles. The topological polar surface area (TPSA) is 124 Å². The minimum atomic E-state index is -4.28. The molecule has 0 atom stereocenters. The Morgan fingerprint density at radius 3 is 2.03 bits per heavy atom. The van der Waals surface area contributed by atoms with Gasteiger partial charge in [0, 0.05) is 0 Å². The number of para-hydroxylation sites is 2. The molecule has 0 spiro atoms. The van der Waals surface area contributed by atoms with Crippen LogP contribution < -0.4 is 8.37 Å². The molecule has 8 nitrogen and oxygen atoms in total. The Labute approximate surface area is 178 Å². The number of carbonyl (C=O) groups excluding carboxylic acids is 1. The first-order chi connectivity index (χ1) is 14.7. The summed E-state index contributed by atoms with van der Waals surface area (Å²) in [6, 6.07) is 12.1. The van der Waals surface area contributed by atoms with Crippen LogP contribution in [-0.2, 0) is 20.2 Å². The fourth-order valence-electron chi connectivity index (χ4n) is 2.96. The van der Waals surface area contributed by atoms with Crippen LogP contribution in [0.25, 0.3) is 5.76 Å². The lowest BCUT2D eigenvalue weighted by atomic mass is 10.1. The summed E-state index contributed by atoms with van der Waals surface area (Å²) in [5, 5.41) is 10.3. The van der Waals surface area contributed by atoms with Crippen molar-refractivity contribution in [2.75, 3.05) is 0 Å². The van der Waals surface area contributed by atoms with Gasteiger partial charge in [-0.05, 0) is 36.4 Å². The second-order valence-electron chi connectivity index (χ2n) is 6.38. The third kappa shape index (κ3) is 3.78. The van der Waals surface area contributed by atoms with Crippen LogP contribution in [0.2, 0.25) is 0 Å². The lowest BCUT2D eigenvalue weighted by molar-refractivity contribution is 0.103. The summed E-state index contributed by atoms with van der Waals surface area (Å²) in [7, 11) is -8.51. The zero-order chi connectivity index (χ0) is 22.2. The van der Waals surface area contributed by atoms with Gasteiger partial charge in [-0.3, -0.25) is 4.79 Å². The maximum Gasteiger partial charge on any atom is 0.343 e. The van der Waals surface area contributed by atoms with Crippen LogP contribution in [0.4, 0.5) is 0 Å². The molecule has 10 heteroatoms. The van der Waals surface area contributed by atoms with Gasteiger partial charge in [0.15, 0.2) is 16.4 Å². The minimum Gasteiger partial charge on any atom is -0.506 e. The van der Waals surface area contributed by atoms with E-state index in [0.717, 1.165) is 12.2 Å². The number of allylic oxidation sites excluding steroid dienone is 6. The number of hydrogen-bond donors (Lipinski definition) is 1. The van der Waals surface area contributed by atoms with Crippen LogP contribution >= 0.6 is 0 Å². The number of carbonyl (C=O) groups is 1. The zero-order valence-corrected chi connectivity index (χ0v) is 17.3. The highest BCUT2D eigenvalue weighted by atomic mass is 32.2. The first kappa shape index (κ1) is 20.6. The van der Waals surface area contributed by atoms with Gasteiger partial charge in [0.05, 0.1) is 11.1 Å². The fraction of sp³-hybridized carbons (Fsp3) is 0. The summed E-state index contributed by atoms with van der Waals surface area (Å²) in [5.74, 6) is -1.21. The average molecular weight is 458 g/mol. The second-order valence-corrected chi connectivity index (χ2v) is 9.41. The highest BCUT2D eigenvalue weighted by Crippen LogP contribution is 2.36. The van der Waals surface area contributed by atoms with Crippen LogP contribution in [0.15, 0.2) is 88.7 Å². The molecule has 0 aromatic heterocycles. The molecule has 4 rings (SSSR count). The van der Waals surface area contributed by atoms with E-state index >= 15 is 0 Å². The van der Waals surface area contributed by atoms with E-state index in [9.17, 15) is 26.7 Å². The normalized spacial score (nSPS) is 20.4. The van der Waals surface area contributed by atoms with E-state index in [0.29, 0.717) is 0 Å². The van der Waals surface area contributed by atoms with Gasteiger partial charge < -0.3 is 13.5 Å². The van der Waals surface area contributed by atoms with Crippen molar-refractivity contribution < 1.29 is 35.1 Å². The number of ketones is 1. The molecular weight excluding hydrogens is 444 g/mol. The Balaban J connectivity index is 1.62. The van der Waals surface area contributed by atoms with Crippen LogP contribution in [0.1, 0.15) is 15.9 Å². The van der Waals surface area contributed by atoms with Gasteiger partial charge in [-0.2, -0.15) is 16.8 Å². The number of Topliss-reactive ketones (excluding diaryl/α,β-unsaturated/α-hetero) is 1. The highest BCUT2D eigenvalue weighted by Gasteiger charge is 2.35. The maximum absolute atomic E-state index is 12.5. The summed E-state index contributed by atoms with van der Waals surface area (Å²) in [4.78, 5) is 11.5. The number of benzene rings is 2. The van der Waals surface area contributed by atoms with Gasteiger partial charge in [-0.1, -0.05) is 42.5 Å². The van der Waals surface area contributed by atoms with E-state index in [4.69, 9.17) is 8.37 Å². The Morgan fingerprint density at radius 1 is 0.742 bits per heavy atom. The SMILES string of the molecule is O=C1C(=CC=CC=CC2=C(O)c3ccccc3OS2(=O)=O)S(=O)(=O)Oc2ccccc21. The minimum absolute atomic E-state index is 0.0127. The van der Waals surface area contributed by atoms with E-state index < -0.39 is 41.6 Å². The number of hydrogen-bond acceptors (Lipinski definition) is 8. The zero-order valence-electron chi connectivity index (χ0n) is 15.6. The number of rotatable bonds is 3. The third-order valence-corrected chi connectivity index (χ3v) is 6.91. The predicted octanol–water partition coefficient (Wildman–Crippen LogP) is 3.24. The Hall–Kier alpha value is -3.63. The molecule has 2 aliphatic rings. The smallest absolute Gasteiger partial charge is 0.343 e. The predicted molar refractivity (Wildman–Crippen MR) is 112 cm³/mol. The monoisotopic (exact) mass is 458 g/mol. The van der Waals surface area contributed by atoms with E-state index in [1.165, 1.54) is 42.5 Å². The summed E-state index contributed by atoms with van der Waals surface area (Å²) in [5.41, 5.74) is 0.337. The Bertz CT molecular complexity index is 1430. The molecule has 0 unspecified atom stereocenters. The lowest BCUT2D eigenvalue weighted by Gasteiger charge is -2.18. The molecule has 31 heavy (non-hydrogen) atoms. The van der Waals surface area contributed by atoms with Crippen molar-refractivity contribution >= 4 is 31.8 Å². The largest absolute Gasteiger partial charge is 0.506 e. The standard InChI is InChI=1S/C21H14O8S2/c22-20-14-8-4-6-10-16(14)28-30(24,25)18(20)12-2-1-3-13-19-21(23)15-9-5-7-11-17(15)29-31(19,26)27/h1-13,22H. The Morgan fingerprint density at radius 2 is 1.32 bits per heavy atom. The van der Waals surface area contributed by atoms with E-state index in [-0.39, 0.29) is 22.6 Å². The molecule has 0 saturated carbocycles.